The number of hydrogen-bond donors (Lipinski definition) is 1. The lowest BCUT2D eigenvalue weighted by Crippen LogP contribution is -2.42. The summed E-state index contributed by atoms with van der Waals surface area (Å²) in [6, 6.07) is 5.74. The predicted molar refractivity (Wildman–Crippen MR) is 81.8 cm³/mol. The summed E-state index contributed by atoms with van der Waals surface area (Å²) < 4.78 is 5.55. The number of rotatable bonds is 5. The van der Waals surface area contributed by atoms with Crippen molar-refractivity contribution in [2.75, 3.05) is 23.8 Å². The molecular weight excluding hydrogens is 252 g/mol. The van der Waals surface area contributed by atoms with Gasteiger partial charge in [0.25, 0.3) is 5.91 Å². The zero-order chi connectivity index (χ0) is 14.5. The first-order valence-electron chi connectivity index (χ1n) is 7.06. The van der Waals surface area contributed by atoms with Gasteiger partial charge in [0, 0.05) is 17.9 Å². The Morgan fingerprint density at radius 3 is 3.15 bits per heavy atom. The fourth-order valence-corrected chi connectivity index (χ4v) is 2.50. The average molecular weight is 274 g/mol. The molecule has 1 aromatic rings. The first-order valence-corrected chi connectivity index (χ1v) is 7.06. The Balaban J connectivity index is 2.12. The molecular formula is C16H22N2O2. The van der Waals surface area contributed by atoms with Gasteiger partial charge in [-0.15, -0.1) is 6.58 Å². The molecule has 1 aliphatic rings. The van der Waals surface area contributed by atoms with Crippen LogP contribution in [0.3, 0.4) is 0 Å². The lowest BCUT2D eigenvalue weighted by molar-refractivity contribution is -0.129. The maximum absolute atomic E-state index is 12.5. The number of nitrogen functional groups attached to an aromatic ring is 1. The Kier molecular flexibility index (Phi) is 4.79. The number of carbonyl (C=O) groups is 1. The second-order valence-electron chi connectivity index (χ2n) is 5.03. The molecule has 2 rings (SSSR count). The molecule has 1 heterocycles. The highest BCUT2D eigenvalue weighted by Crippen LogP contribution is 2.31. The summed E-state index contributed by atoms with van der Waals surface area (Å²) in [5, 5.41) is 0. The quantitative estimate of drug-likeness (QED) is 0.510. The topological polar surface area (TPSA) is 55.6 Å². The van der Waals surface area contributed by atoms with E-state index < -0.39 is 6.10 Å². The van der Waals surface area contributed by atoms with Crippen LogP contribution in [0.2, 0.25) is 0 Å². The van der Waals surface area contributed by atoms with Gasteiger partial charge in [-0.3, -0.25) is 4.79 Å². The van der Waals surface area contributed by atoms with Crippen molar-refractivity contribution in [2.45, 2.75) is 32.3 Å². The molecule has 0 spiro atoms. The Bertz CT molecular complexity index is 499. The van der Waals surface area contributed by atoms with Crippen molar-refractivity contribution in [2.24, 2.45) is 0 Å². The summed E-state index contributed by atoms with van der Waals surface area (Å²) in [6.45, 7) is 6.69. The van der Waals surface area contributed by atoms with Crippen LogP contribution in [0, 0.1) is 0 Å². The molecule has 20 heavy (non-hydrogen) atoms. The molecule has 1 aromatic carbocycles. The Morgan fingerprint density at radius 2 is 2.40 bits per heavy atom. The second kappa shape index (κ2) is 6.57. The molecule has 1 aliphatic heterocycles. The van der Waals surface area contributed by atoms with Crippen LogP contribution < -0.4 is 10.6 Å². The van der Waals surface area contributed by atoms with Crippen molar-refractivity contribution in [3.05, 3.63) is 36.4 Å². The Labute approximate surface area is 120 Å². The van der Waals surface area contributed by atoms with Crippen molar-refractivity contribution in [1.82, 2.24) is 0 Å². The van der Waals surface area contributed by atoms with Crippen molar-refractivity contribution in [1.29, 1.82) is 0 Å². The van der Waals surface area contributed by atoms with Crippen LogP contribution in [0.15, 0.2) is 30.9 Å². The molecule has 0 saturated carbocycles. The van der Waals surface area contributed by atoms with E-state index in [4.69, 9.17) is 10.5 Å². The number of amides is 1. The van der Waals surface area contributed by atoms with Gasteiger partial charge < -0.3 is 15.4 Å². The maximum atomic E-state index is 12.5. The van der Waals surface area contributed by atoms with Crippen LogP contribution in [-0.4, -0.2) is 25.2 Å². The fraction of sp³-hybridized carbons (Fsp3) is 0.438. The molecule has 0 fully saturated rings. The van der Waals surface area contributed by atoms with Crippen molar-refractivity contribution < 1.29 is 9.53 Å². The lowest BCUT2D eigenvalue weighted by atomic mass is 9.99. The third-order valence-corrected chi connectivity index (χ3v) is 3.59. The first-order chi connectivity index (χ1) is 9.65. The normalized spacial score (nSPS) is 15.6. The summed E-state index contributed by atoms with van der Waals surface area (Å²) in [5.41, 5.74) is 8.77. The minimum Gasteiger partial charge on any atom is -0.398 e. The van der Waals surface area contributed by atoms with Gasteiger partial charge in [0.2, 0.25) is 0 Å². The largest absolute Gasteiger partial charge is 0.398 e. The molecule has 108 valence electrons. The summed E-state index contributed by atoms with van der Waals surface area (Å²) in [4.78, 5) is 14.3. The fourth-order valence-electron chi connectivity index (χ4n) is 2.50. The van der Waals surface area contributed by atoms with E-state index in [0.717, 1.165) is 42.7 Å². The lowest BCUT2D eigenvalue weighted by Gasteiger charge is -2.32. The molecule has 0 saturated heterocycles. The van der Waals surface area contributed by atoms with Gasteiger partial charge in [0.1, 0.15) is 6.10 Å². The van der Waals surface area contributed by atoms with Crippen molar-refractivity contribution in [3.8, 4) is 0 Å². The van der Waals surface area contributed by atoms with Crippen LogP contribution in [0.1, 0.15) is 25.3 Å². The maximum Gasteiger partial charge on any atom is 0.255 e. The van der Waals surface area contributed by atoms with E-state index in [9.17, 15) is 4.79 Å². The average Bonchev–Trinajstić information content (AvgIpc) is 2.46. The van der Waals surface area contributed by atoms with E-state index in [2.05, 4.69) is 6.58 Å². The predicted octanol–water partition coefficient (Wildman–Crippen LogP) is 2.53. The molecule has 0 radical (unpaired) electrons. The van der Waals surface area contributed by atoms with E-state index in [1.165, 1.54) is 0 Å². The Hall–Kier alpha value is -1.81. The van der Waals surface area contributed by atoms with Gasteiger partial charge in [-0.2, -0.15) is 0 Å². The van der Waals surface area contributed by atoms with Crippen molar-refractivity contribution in [3.63, 3.8) is 0 Å². The molecule has 0 aromatic heterocycles. The molecule has 0 aliphatic carbocycles. The monoisotopic (exact) mass is 274 g/mol. The second-order valence-corrected chi connectivity index (χ2v) is 5.03. The molecule has 1 unspecified atom stereocenters. The summed E-state index contributed by atoms with van der Waals surface area (Å²) in [7, 11) is 0. The number of hydrogen-bond acceptors (Lipinski definition) is 3. The van der Waals surface area contributed by atoms with Gasteiger partial charge in [-0.1, -0.05) is 12.1 Å². The van der Waals surface area contributed by atoms with E-state index in [0.29, 0.717) is 6.61 Å². The number of carbonyl (C=O) groups excluding carboxylic acids is 1. The summed E-state index contributed by atoms with van der Waals surface area (Å²) in [6.07, 6.45) is 3.96. The van der Waals surface area contributed by atoms with E-state index >= 15 is 0 Å². The van der Waals surface area contributed by atoms with Gasteiger partial charge >= 0.3 is 0 Å². The van der Waals surface area contributed by atoms with Gasteiger partial charge in [-0.25, -0.2) is 0 Å². The third-order valence-electron chi connectivity index (χ3n) is 3.59. The number of fused-ring (bicyclic) bond motifs is 1. The minimum atomic E-state index is -0.442. The number of nitrogens with two attached hydrogens (primary N) is 1. The Morgan fingerprint density at radius 1 is 1.60 bits per heavy atom. The number of nitrogens with zero attached hydrogens (tertiary/aromatic N) is 1. The summed E-state index contributed by atoms with van der Waals surface area (Å²) in [5.74, 6) is 0.000567. The zero-order valence-electron chi connectivity index (χ0n) is 12.0. The molecule has 1 atom stereocenters. The molecule has 4 nitrogen and oxygen atoms in total. The number of anilines is 2. The van der Waals surface area contributed by atoms with Crippen molar-refractivity contribution >= 4 is 17.3 Å². The van der Waals surface area contributed by atoms with Crippen LogP contribution in [-0.2, 0) is 16.0 Å². The van der Waals surface area contributed by atoms with E-state index in [1.54, 1.807) is 17.9 Å². The standard InChI is InChI=1S/C16H22N2O2/c1-3-4-11-20-12(2)16(19)18-10-6-7-13-14(17)8-5-9-15(13)18/h3,5,8-9,12H,1,4,6-7,10-11,17H2,2H3. The molecule has 4 heteroatoms. The molecule has 2 N–H and O–H groups in total. The number of ether oxygens (including phenoxy) is 1. The minimum absolute atomic E-state index is 0.000567. The zero-order valence-corrected chi connectivity index (χ0v) is 12.0. The molecule has 1 amide bonds. The molecule has 0 bridgehead atoms. The highest BCUT2D eigenvalue weighted by Gasteiger charge is 2.27. The van der Waals surface area contributed by atoms with Crippen LogP contribution in [0.5, 0.6) is 0 Å². The van der Waals surface area contributed by atoms with Crippen LogP contribution in [0.25, 0.3) is 0 Å². The third kappa shape index (κ3) is 3.02. The van der Waals surface area contributed by atoms with Gasteiger partial charge in [-0.05, 0) is 43.9 Å². The SMILES string of the molecule is C=CCCOC(C)C(=O)N1CCCc2c(N)cccc21. The summed E-state index contributed by atoms with van der Waals surface area (Å²) >= 11 is 0. The van der Waals surface area contributed by atoms with E-state index in [-0.39, 0.29) is 5.91 Å². The van der Waals surface area contributed by atoms with Crippen LogP contribution in [0.4, 0.5) is 11.4 Å². The van der Waals surface area contributed by atoms with Crippen LogP contribution >= 0.6 is 0 Å². The van der Waals surface area contributed by atoms with Gasteiger partial charge in [0.15, 0.2) is 0 Å². The first kappa shape index (κ1) is 14.6. The highest BCUT2D eigenvalue weighted by atomic mass is 16.5. The van der Waals surface area contributed by atoms with Gasteiger partial charge in [0.05, 0.1) is 6.61 Å². The number of benzene rings is 1. The smallest absolute Gasteiger partial charge is 0.255 e. The highest BCUT2D eigenvalue weighted by molar-refractivity contribution is 5.98. The van der Waals surface area contributed by atoms with E-state index in [1.807, 2.05) is 18.2 Å².